The molecule has 2 heteroatoms. The van der Waals surface area contributed by atoms with Gasteiger partial charge >= 0.3 is 0 Å². The van der Waals surface area contributed by atoms with Crippen molar-refractivity contribution in [3.05, 3.63) is 0 Å². The van der Waals surface area contributed by atoms with Crippen molar-refractivity contribution in [2.24, 2.45) is 5.73 Å². The number of nitrogens with two attached hydrogens (primary N) is 1. The van der Waals surface area contributed by atoms with Gasteiger partial charge < -0.3 is 5.73 Å². The number of unbranched alkanes of at least 4 members (excludes halogenated alkanes) is 2. The molecule has 98 valence electrons. The lowest BCUT2D eigenvalue weighted by molar-refractivity contribution is 0.132. The van der Waals surface area contributed by atoms with E-state index in [2.05, 4.69) is 32.6 Å². The lowest BCUT2D eigenvalue weighted by Gasteiger charge is -2.35. The second-order valence-electron chi connectivity index (χ2n) is 4.88. The number of rotatable bonds is 10. The maximum Gasteiger partial charge on any atom is 0.0221 e. The maximum atomic E-state index is 5.94. The van der Waals surface area contributed by atoms with Crippen molar-refractivity contribution in [1.29, 1.82) is 0 Å². The highest BCUT2D eigenvalue weighted by atomic mass is 15.2. The Morgan fingerprint density at radius 2 is 1.69 bits per heavy atom. The normalized spacial score (nSPS) is 15.4. The molecule has 16 heavy (non-hydrogen) atoms. The third kappa shape index (κ3) is 5.86. The van der Waals surface area contributed by atoms with Crippen molar-refractivity contribution in [2.45, 2.75) is 78.3 Å². The Bertz CT molecular complexity index is 148. The lowest BCUT2D eigenvalue weighted by atomic mass is 10.0. The fourth-order valence-electron chi connectivity index (χ4n) is 2.20. The quantitative estimate of drug-likeness (QED) is 0.621. The average Bonchev–Trinajstić information content (AvgIpc) is 2.32. The molecule has 0 aromatic heterocycles. The van der Waals surface area contributed by atoms with Crippen LogP contribution in [0.15, 0.2) is 0 Å². The zero-order valence-electron chi connectivity index (χ0n) is 11.8. The van der Waals surface area contributed by atoms with Gasteiger partial charge in [-0.15, -0.1) is 0 Å². The van der Waals surface area contributed by atoms with Crippen molar-refractivity contribution in [3.8, 4) is 0 Å². The first kappa shape index (κ1) is 15.9. The lowest BCUT2D eigenvalue weighted by Crippen LogP contribution is -2.46. The minimum absolute atomic E-state index is 0.599. The van der Waals surface area contributed by atoms with Crippen LogP contribution in [0.3, 0.4) is 0 Å². The Kier molecular flexibility index (Phi) is 10.0. The first-order valence-corrected chi connectivity index (χ1v) is 7.16. The topological polar surface area (TPSA) is 29.3 Å². The van der Waals surface area contributed by atoms with Crippen molar-refractivity contribution in [2.75, 3.05) is 13.1 Å². The summed E-state index contributed by atoms with van der Waals surface area (Å²) >= 11 is 0. The molecule has 0 saturated heterocycles. The fraction of sp³-hybridized carbons (Fsp3) is 1.00. The molecule has 0 aliphatic rings. The molecule has 2 atom stereocenters. The molecule has 2 unspecified atom stereocenters. The van der Waals surface area contributed by atoms with E-state index < -0.39 is 0 Å². The van der Waals surface area contributed by atoms with Gasteiger partial charge in [0.1, 0.15) is 0 Å². The van der Waals surface area contributed by atoms with Gasteiger partial charge in [-0.3, -0.25) is 4.90 Å². The summed E-state index contributed by atoms with van der Waals surface area (Å²) in [7, 11) is 0. The third-order valence-electron chi connectivity index (χ3n) is 3.56. The van der Waals surface area contributed by atoms with Gasteiger partial charge in [-0.2, -0.15) is 0 Å². The van der Waals surface area contributed by atoms with E-state index in [0.717, 1.165) is 6.54 Å². The van der Waals surface area contributed by atoms with E-state index in [1.54, 1.807) is 0 Å². The van der Waals surface area contributed by atoms with Gasteiger partial charge in [0.2, 0.25) is 0 Å². The molecule has 0 aliphatic carbocycles. The smallest absolute Gasteiger partial charge is 0.0221 e. The van der Waals surface area contributed by atoms with E-state index in [-0.39, 0.29) is 0 Å². The second kappa shape index (κ2) is 10.1. The molecule has 0 aromatic rings. The summed E-state index contributed by atoms with van der Waals surface area (Å²) in [6.07, 6.45) is 7.65. The Balaban J connectivity index is 4.29. The van der Waals surface area contributed by atoms with E-state index in [9.17, 15) is 0 Å². The fourth-order valence-corrected chi connectivity index (χ4v) is 2.20. The predicted molar refractivity (Wildman–Crippen MR) is 73.7 cm³/mol. The van der Waals surface area contributed by atoms with Gasteiger partial charge in [0.25, 0.3) is 0 Å². The molecule has 0 rings (SSSR count). The molecule has 2 N–H and O–H groups in total. The number of nitrogens with zero attached hydrogens (tertiary/aromatic N) is 1. The van der Waals surface area contributed by atoms with Gasteiger partial charge in [0.15, 0.2) is 0 Å². The summed E-state index contributed by atoms with van der Waals surface area (Å²) < 4.78 is 0. The average molecular weight is 228 g/mol. The van der Waals surface area contributed by atoms with Crippen molar-refractivity contribution >= 4 is 0 Å². The highest BCUT2D eigenvalue weighted by molar-refractivity contribution is 4.77. The van der Waals surface area contributed by atoms with Crippen LogP contribution < -0.4 is 5.73 Å². The van der Waals surface area contributed by atoms with E-state index in [0.29, 0.717) is 12.1 Å². The molecule has 0 amide bonds. The van der Waals surface area contributed by atoms with Crippen LogP contribution in [-0.2, 0) is 0 Å². The van der Waals surface area contributed by atoms with E-state index in [4.69, 9.17) is 5.73 Å². The Hall–Kier alpha value is -0.0800. The van der Waals surface area contributed by atoms with Gasteiger partial charge in [0.05, 0.1) is 0 Å². The van der Waals surface area contributed by atoms with Crippen molar-refractivity contribution < 1.29 is 0 Å². The monoisotopic (exact) mass is 228 g/mol. The van der Waals surface area contributed by atoms with Crippen LogP contribution in [0.25, 0.3) is 0 Å². The standard InChI is InChI=1S/C14H32N2/c1-5-8-10-14(12-15)16(11-9-6-2)13(4)7-3/h13-14H,5-12,15H2,1-4H3. The number of hydrogen-bond donors (Lipinski definition) is 1. The maximum absolute atomic E-state index is 5.94. The molecule has 0 bridgehead atoms. The molecule has 0 aromatic carbocycles. The van der Waals surface area contributed by atoms with Crippen molar-refractivity contribution in [3.63, 3.8) is 0 Å². The zero-order valence-corrected chi connectivity index (χ0v) is 11.8. The van der Waals surface area contributed by atoms with Crippen LogP contribution in [0.5, 0.6) is 0 Å². The minimum atomic E-state index is 0.599. The summed E-state index contributed by atoms with van der Waals surface area (Å²) in [5.41, 5.74) is 5.94. The zero-order chi connectivity index (χ0) is 12.4. The summed E-state index contributed by atoms with van der Waals surface area (Å²) in [6, 6.07) is 1.28. The van der Waals surface area contributed by atoms with Gasteiger partial charge in [0, 0.05) is 18.6 Å². The highest BCUT2D eigenvalue weighted by Crippen LogP contribution is 2.15. The Morgan fingerprint density at radius 3 is 2.12 bits per heavy atom. The summed E-state index contributed by atoms with van der Waals surface area (Å²) in [6.45, 7) is 11.2. The molecule has 0 saturated carbocycles. The molecule has 0 spiro atoms. The van der Waals surface area contributed by atoms with E-state index in [1.165, 1.54) is 45.1 Å². The molecule has 0 heterocycles. The predicted octanol–water partition coefficient (Wildman–Crippen LogP) is 3.40. The summed E-state index contributed by atoms with van der Waals surface area (Å²) in [5, 5.41) is 0. The largest absolute Gasteiger partial charge is 0.329 e. The Morgan fingerprint density at radius 1 is 1.06 bits per heavy atom. The molecule has 0 radical (unpaired) electrons. The van der Waals surface area contributed by atoms with Crippen LogP contribution in [0.4, 0.5) is 0 Å². The first-order chi connectivity index (χ1) is 7.71. The molecule has 0 aliphatic heterocycles. The highest BCUT2D eigenvalue weighted by Gasteiger charge is 2.20. The van der Waals surface area contributed by atoms with Gasteiger partial charge in [-0.1, -0.05) is 40.0 Å². The van der Waals surface area contributed by atoms with Crippen molar-refractivity contribution in [1.82, 2.24) is 4.90 Å². The molecular weight excluding hydrogens is 196 g/mol. The second-order valence-corrected chi connectivity index (χ2v) is 4.88. The Labute approximate surface area is 103 Å². The minimum Gasteiger partial charge on any atom is -0.329 e. The van der Waals surface area contributed by atoms with Crippen LogP contribution in [0.2, 0.25) is 0 Å². The third-order valence-corrected chi connectivity index (χ3v) is 3.56. The molecule has 0 fully saturated rings. The van der Waals surface area contributed by atoms with Crippen LogP contribution >= 0.6 is 0 Å². The SMILES string of the molecule is CCCCC(CN)N(CCCC)C(C)CC. The molecular formula is C14H32N2. The molecule has 2 nitrogen and oxygen atoms in total. The van der Waals surface area contributed by atoms with E-state index >= 15 is 0 Å². The van der Waals surface area contributed by atoms with Crippen LogP contribution in [0.1, 0.15) is 66.2 Å². The van der Waals surface area contributed by atoms with Crippen LogP contribution in [-0.4, -0.2) is 30.1 Å². The summed E-state index contributed by atoms with van der Waals surface area (Å²) in [4.78, 5) is 2.64. The van der Waals surface area contributed by atoms with Crippen LogP contribution in [0, 0.1) is 0 Å². The van der Waals surface area contributed by atoms with E-state index in [1.807, 2.05) is 0 Å². The first-order valence-electron chi connectivity index (χ1n) is 7.16. The summed E-state index contributed by atoms with van der Waals surface area (Å²) in [5.74, 6) is 0. The number of hydrogen-bond acceptors (Lipinski definition) is 2. The van der Waals surface area contributed by atoms with Gasteiger partial charge in [-0.05, 0) is 32.7 Å². The van der Waals surface area contributed by atoms with Gasteiger partial charge in [-0.25, -0.2) is 0 Å².